The molecule has 0 bridgehead atoms. The number of alkyl halides is 3. The van der Waals surface area contributed by atoms with Crippen LogP contribution in [0.2, 0.25) is 0 Å². The van der Waals surface area contributed by atoms with Crippen LogP contribution in [0.25, 0.3) is 0 Å². The van der Waals surface area contributed by atoms with Gasteiger partial charge in [0.2, 0.25) is 0 Å². The summed E-state index contributed by atoms with van der Waals surface area (Å²) in [5, 5.41) is 5.90. The van der Waals surface area contributed by atoms with Crippen molar-refractivity contribution >= 4 is 11.6 Å². The highest BCUT2D eigenvalue weighted by Gasteiger charge is 2.32. The molecule has 0 atom stereocenters. The molecular weight excluding hydrogens is 255 g/mol. The number of aromatic nitrogens is 1. The van der Waals surface area contributed by atoms with Crippen molar-refractivity contribution in [2.45, 2.75) is 38.9 Å². The Kier molecular flexibility index (Phi) is 3.87. The zero-order valence-electron chi connectivity index (χ0n) is 11.0. The summed E-state index contributed by atoms with van der Waals surface area (Å²) in [7, 11) is 0. The zero-order chi connectivity index (χ0) is 14.0. The van der Waals surface area contributed by atoms with Crippen molar-refractivity contribution in [2.75, 3.05) is 17.2 Å². The number of nitrogens with one attached hydrogen (secondary N) is 2. The van der Waals surface area contributed by atoms with Gasteiger partial charge in [-0.2, -0.15) is 13.2 Å². The molecule has 1 aromatic rings. The van der Waals surface area contributed by atoms with Crippen molar-refractivity contribution in [3.8, 4) is 0 Å². The Morgan fingerprint density at radius 3 is 2.42 bits per heavy atom. The van der Waals surface area contributed by atoms with E-state index < -0.39 is 11.7 Å². The minimum Gasteiger partial charge on any atom is -0.370 e. The molecule has 0 unspecified atom stereocenters. The van der Waals surface area contributed by atoms with E-state index >= 15 is 0 Å². The third-order valence-corrected chi connectivity index (χ3v) is 3.24. The van der Waals surface area contributed by atoms with Crippen LogP contribution in [-0.2, 0) is 6.18 Å². The number of rotatable bonds is 4. The number of pyridine rings is 1. The highest BCUT2D eigenvalue weighted by molar-refractivity contribution is 5.50. The van der Waals surface area contributed by atoms with Gasteiger partial charge in [0.15, 0.2) is 0 Å². The molecule has 0 aromatic carbocycles. The van der Waals surface area contributed by atoms with E-state index in [0.717, 1.165) is 25.0 Å². The van der Waals surface area contributed by atoms with Gasteiger partial charge in [-0.3, -0.25) is 0 Å². The lowest BCUT2D eigenvalue weighted by molar-refractivity contribution is -0.137. The lowest BCUT2D eigenvalue weighted by Crippen LogP contribution is -2.34. The van der Waals surface area contributed by atoms with E-state index in [2.05, 4.69) is 22.5 Å². The van der Waals surface area contributed by atoms with Gasteiger partial charge in [0.05, 0.1) is 5.56 Å². The summed E-state index contributed by atoms with van der Waals surface area (Å²) < 4.78 is 38.4. The third kappa shape index (κ3) is 3.52. The second-order valence-corrected chi connectivity index (χ2v) is 5.07. The minimum atomic E-state index is -4.35. The second-order valence-electron chi connectivity index (χ2n) is 5.07. The summed E-state index contributed by atoms with van der Waals surface area (Å²) in [5.41, 5.74) is -0.673. The van der Waals surface area contributed by atoms with E-state index in [-0.39, 0.29) is 11.9 Å². The second kappa shape index (κ2) is 5.27. The van der Waals surface area contributed by atoms with Gasteiger partial charge in [-0.1, -0.05) is 6.92 Å². The first-order valence-corrected chi connectivity index (χ1v) is 6.48. The summed E-state index contributed by atoms with van der Waals surface area (Å²) in [4.78, 5) is 4.16. The van der Waals surface area contributed by atoms with Gasteiger partial charge < -0.3 is 10.6 Å². The van der Waals surface area contributed by atoms with Crippen LogP contribution in [0.1, 0.15) is 32.3 Å². The zero-order valence-corrected chi connectivity index (χ0v) is 11.0. The first-order valence-electron chi connectivity index (χ1n) is 6.48. The first-order chi connectivity index (χ1) is 8.88. The molecule has 1 aliphatic carbocycles. The number of nitrogens with zero attached hydrogens (tertiary/aromatic N) is 1. The van der Waals surface area contributed by atoms with Crippen LogP contribution in [0.3, 0.4) is 0 Å². The Labute approximate surface area is 110 Å². The molecule has 2 N–H and O–H groups in total. The fourth-order valence-electron chi connectivity index (χ4n) is 2.27. The molecule has 3 nitrogen and oxygen atoms in total. The summed E-state index contributed by atoms with van der Waals surface area (Å²) in [6.45, 7) is 4.48. The number of halogens is 3. The largest absolute Gasteiger partial charge is 0.416 e. The van der Waals surface area contributed by atoms with Crippen LogP contribution < -0.4 is 10.6 Å². The summed E-state index contributed by atoms with van der Waals surface area (Å²) in [5.74, 6) is 1.19. The average Bonchev–Trinajstić information content (AvgIpc) is 2.26. The van der Waals surface area contributed by atoms with E-state index in [0.29, 0.717) is 18.3 Å². The molecule has 19 heavy (non-hydrogen) atoms. The van der Waals surface area contributed by atoms with Crippen molar-refractivity contribution in [3.63, 3.8) is 0 Å². The van der Waals surface area contributed by atoms with Crippen LogP contribution in [0.4, 0.5) is 24.8 Å². The van der Waals surface area contributed by atoms with Crippen molar-refractivity contribution in [2.24, 2.45) is 5.92 Å². The van der Waals surface area contributed by atoms with E-state index in [1.807, 2.05) is 6.92 Å². The molecule has 1 saturated carbocycles. The number of hydrogen-bond acceptors (Lipinski definition) is 3. The van der Waals surface area contributed by atoms with Gasteiger partial charge in [0.25, 0.3) is 0 Å². The Morgan fingerprint density at radius 2 is 1.89 bits per heavy atom. The van der Waals surface area contributed by atoms with Crippen LogP contribution in [-0.4, -0.2) is 17.6 Å². The maximum absolute atomic E-state index is 12.8. The highest BCUT2D eigenvalue weighted by Crippen LogP contribution is 2.34. The van der Waals surface area contributed by atoms with Crippen molar-refractivity contribution in [1.82, 2.24) is 4.98 Å². The molecule has 0 radical (unpaired) electrons. The molecule has 106 valence electrons. The van der Waals surface area contributed by atoms with E-state index in [1.165, 1.54) is 0 Å². The van der Waals surface area contributed by atoms with Crippen LogP contribution in [0, 0.1) is 5.92 Å². The monoisotopic (exact) mass is 273 g/mol. The molecule has 2 rings (SSSR count). The van der Waals surface area contributed by atoms with E-state index in [9.17, 15) is 13.2 Å². The number of hydrogen-bond donors (Lipinski definition) is 2. The quantitative estimate of drug-likeness (QED) is 0.877. The molecule has 1 fully saturated rings. The van der Waals surface area contributed by atoms with Crippen molar-refractivity contribution in [1.29, 1.82) is 0 Å². The molecular formula is C13H18F3N3. The number of anilines is 2. The van der Waals surface area contributed by atoms with Crippen molar-refractivity contribution in [3.05, 3.63) is 17.7 Å². The van der Waals surface area contributed by atoms with Gasteiger partial charge in [-0.05, 0) is 37.8 Å². The lowest BCUT2D eigenvalue weighted by Gasteiger charge is -2.33. The Balaban J connectivity index is 2.19. The van der Waals surface area contributed by atoms with Crippen LogP contribution >= 0.6 is 0 Å². The molecule has 1 aromatic heterocycles. The smallest absolute Gasteiger partial charge is 0.370 e. The highest BCUT2D eigenvalue weighted by atomic mass is 19.4. The maximum Gasteiger partial charge on any atom is 0.416 e. The van der Waals surface area contributed by atoms with Gasteiger partial charge in [0, 0.05) is 12.6 Å². The summed E-state index contributed by atoms with van der Waals surface area (Å²) in [6, 6.07) is 2.35. The SMILES string of the molecule is CCNc1cc(C(F)(F)F)cc(NC2CC(C)C2)n1. The van der Waals surface area contributed by atoms with Gasteiger partial charge in [0.1, 0.15) is 11.6 Å². The van der Waals surface area contributed by atoms with E-state index in [1.54, 1.807) is 0 Å². The predicted molar refractivity (Wildman–Crippen MR) is 69.2 cm³/mol. The lowest BCUT2D eigenvalue weighted by atomic mass is 9.82. The maximum atomic E-state index is 12.8. The molecule has 0 spiro atoms. The molecule has 0 saturated heterocycles. The standard InChI is InChI=1S/C13H18F3N3/c1-3-17-11-6-9(13(14,15)16)7-12(19-11)18-10-4-8(2)5-10/h6-8,10H,3-5H2,1-2H3,(H2,17,18,19). The molecule has 6 heteroatoms. The fourth-order valence-corrected chi connectivity index (χ4v) is 2.27. The Bertz CT molecular complexity index is 439. The first kappa shape index (κ1) is 14.0. The third-order valence-electron chi connectivity index (χ3n) is 3.24. The summed E-state index contributed by atoms with van der Waals surface area (Å²) in [6.07, 6.45) is -2.39. The minimum absolute atomic E-state index is 0.237. The fraction of sp³-hybridized carbons (Fsp3) is 0.615. The Morgan fingerprint density at radius 1 is 1.26 bits per heavy atom. The van der Waals surface area contributed by atoms with Crippen LogP contribution in [0.15, 0.2) is 12.1 Å². The summed E-state index contributed by atoms with van der Waals surface area (Å²) >= 11 is 0. The predicted octanol–water partition coefficient (Wildman–Crippen LogP) is 3.74. The molecule has 1 heterocycles. The van der Waals surface area contributed by atoms with E-state index in [4.69, 9.17) is 0 Å². The molecule has 0 amide bonds. The molecule has 0 aliphatic heterocycles. The van der Waals surface area contributed by atoms with Crippen molar-refractivity contribution < 1.29 is 13.2 Å². The van der Waals surface area contributed by atoms with Gasteiger partial charge >= 0.3 is 6.18 Å². The molecule has 1 aliphatic rings. The topological polar surface area (TPSA) is 37.0 Å². The Hall–Kier alpha value is -1.46. The van der Waals surface area contributed by atoms with Crippen LogP contribution in [0.5, 0.6) is 0 Å². The van der Waals surface area contributed by atoms with Gasteiger partial charge in [-0.25, -0.2) is 4.98 Å². The normalized spacial score (nSPS) is 22.8. The average molecular weight is 273 g/mol. The van der Waals surface area contributed by atoms with Gasteiger partial charge in [-0.15, -0.1) is 0 Å².